The lowest BCUT2D eigenvalue weighted by Crippen LogP contribution is -2.14. The van der Waals surface area contributed by atoms with Crippen molar-refractivity contribution in [1.29, 1.82) is 0 Å². The quantitative estimate of drug-likeness (QED) is 0.773. The molecule has 0 heterocycles. The van der Waals surface area contributed by atoms with Gasteiger partial charge in [-0.2, -0.15) is 0 Å². The van der Waals surface area contributed by atoms with E-state index in [9.17, 15) is 4.39 Å². The van der Waals surface area contributed by atoms with E-state index in [1.807, 2.05) is 18.2 Å². The Bertz CT molecular complexity index is 566. The second kappa shape index (κ2) is 8.54. The second-order valence-corrected chi connectivity index (χ2v) is 5.87. The van der Waals surface area contributed by atoms with Gasteiger partial charge in [-0.1, -0.05) is 44.2 Å². The summed E-state index contributed by atoms with van der Waals surface area (Å²) in [5.41, 5.74) is 2.22. The Morgan fingerprint density at radius 1 is 1.00 bits per heavy atom. The Kier molecular flexibility index (Phi) is 6.41. The molecule has 0 unspecified atom stereocenters. The summed E-state index contributed by atoms with van der Waals surface area (Å²) in [4.78, 5) is 0. The first kappa shape index (κ1) is 16.5. The number of nitrogens with one attached hydrogen (secondary N) is 1. The number of para-hydroxylation sites is 1. The van der Waals surface area contributed by atoms with Crippen LogP contribution in [0.4, 0.5) is 4.39 Å². The molecule has 0 aliphatic carbocycles. The Hall–Kier alpha value is -1.87. The van der Waals surface area contributed by atoms with Gasteiger partial charge in [0, 0.05) is 18.7 Å². The number of hydrogen-bond acceptors (Lipinski definition) is 2. The van der Waals surface area contributed by atoms with Crippen molar-refractivity contribution in [3.05, 3.63) is 65.5 Å². The normalized spacial score (nSPS) is 10.9. The van der Waals surface area contributed by atoms with Crippen LogP contribution in [0, 0.1) is 11.7 Å². The number of rotatable bonds is 8. The van der Waals surface area contributed by atoms with Gasteiger partial charge >= 0.3 is 0 Å². The third-order valence-corrected chi connectivity index (χ3v) is 3.48. The van der Waals surface area contributed by atoms with E-state index in [0.29, 0.717) is 12.5 Å². The first-order valence-electron chi connectivity index (χ1n) is 7.81. The molecule has 0 radical (unpaired) electrons. The van der Waals surface area contributed by atoms with Gasteiger partial charge < -0.3 is 10.1 Å². The predicted octanol–water partition coefficient (Wildman–Crippen LogP) is 4.54. The molecule has 3 heteroatoms. The summed E-state index contributed by atoms with van der Waals surface area (Å²) in [5, 5.41) is 3.37. The molecule has 0 fully saturated rings. The van der Waals surface area contributed by atoms with Gasteiger partial charge in [-0.3, -0.25) is 0 Å². The van der Waals surface area contributed by atoms with E-state index in [4.69, 9.17) is 4.74 Å². The Morgan fingerprint density at radius 3 is 2.45 bits per heavy atom. The smallest absolute Gasteiger partial charge is 0.123 e. The largest absolute Gasteiger partial charge is 0.493 e. The first-order valence-corrected chi connectivity index (χ1v) is 7.81. The van der Waals surface area contributed by atoms with Gasteiger partial charge in [-0.15, -0.1) is 0 Å². The van der Waals surface area contributed by atoms with Crippen molar-refractivity contribution >= 4 is 0 Å². The van der Waals surface area contributed by atoms with Crippen LogP contribution in [0.1, 0.15) is 31.4 Å². The molecule has 0 saturated carbocycles. The van der Waals surface area contributed by atoms with Crippen LogP contribution in [-0.2, 0) is 13.1 Å². The maximum atomic E-state index is 12.9. The number of hydrogen-bond donors (Lipinski definition) is 1. The van der Waals surface area contributed by atoms with E-state index >= 15 is 0 Å². The van der Waals surface area contributed by atoms with Crippen molar-refractivity contribution in [3.8, 4) is 5.75 Å². The summed E-state index contributed by atoms with van der Waals surface area (Å²) in [7, 11) is 0. The standard InChI is InChI=1S/C19H24FNO/c1-15(2)11-12-22-19-6-4-3-5-17(19)14-21-13-16-7-9-18(20)10-8-16/h3-10,15,21H,11-14H2,1-2H3. The van der Waals surface area contributed by atoms with Gasteiger partial charge in [-0.05, 0) is 36.1 Å². The fraction of sp³-hybridized carbons (Fsp3) is 0.368. The summed E-state index contributed by atoms with van der Waals surface area (Å²) in [5.74, 6) is 1.38. The summed E-state index contributed by atoms with van der Waals surface area (Å²) in [6, 6.07) is 14.7. The highest BCUT2D eigenvalue weighted by Gasteiger charge is 2.03. The fourth-order valence-corrected chi connectivity index (χ4v) is 2.14. The van der Waals surface area contributed by atoms with Crippen LogP contribution >= 0.6 is 0 Å². The molecular formula is C19H24FNO. The molecule has 0 aliphatic heterocycles. The molecule has 1 N–H and O–H groups in total. The SMILES string of the molecule is CC(C)CCOc1ccccc1CNCc1ccc(F)cc1. The zero-order chi connectivity index (χ0) is 15.8. The van der Waals surface area contributed by atoms with Crippen molar-refractivity contribution in [1.82, 2.24) is 5.32 Å². The van der Waals surface area contributed by atoms with Gasteiger partial charge in [0.1, 0.15) is 11.6 Å². The Labute approximate surface area is 132 Å². The van der Waals surface area contributed by atoms with Crippen LogP contribution < -0.4 is 10.1 Å². The molecule has 0 spiro atoms. The van der Waals surface area contributed by atoms with Gasteiger partial charge in [0.25, 0.3) is 0 Å². The highest BCUT2D eigenvalue weighted by atomic mass is 19.1. The first-order chi connectivity index (χ1) is 10.6. The molecular weight excluding hydrogens is 277 g/mol. The van der Waals surface area contributed by atoms with Crippen LogP contribution in [0.2, 0.25) is 0 Å². The molecule has 2 nitrogen and oxygen atoms in total. The fourth-order valence-electron chi connectivity index (χ4n) is 2.14. The molecule has 2 aromatic rings. The van der Waals surface area contributed by atoms with Crippen molar-refractivity contribution in [2.75, 3.05) is 6.61 Å². The lowest BCUT2D eigenvalue weighted by molar-refractivity contribution is 0.286. The molecule has 0 bridgehead atoms. The lowest BCUT2D eigenvalue weighted by Gasteiger charge is -2.13. The van der Waals surface area contributed by atoms with Gasteiger partial charge in [-0.25, -0.2) is 4.39 Å². The molecule has 2 aromatic carbocycles. The Balaban J connectivity index is 1.85. The zero-order valence-corrected chi connectivity index (χ0v) is 13.3. The minimum atomic E-state index is -0.201. The topological polar surface area (TPSA) is 21.3 Å². The molecule has 22 heavy (non-hydrogen) atoms. The molecule has 0 saturated heterocycles. The highest BCUT2D eigenvalue weighted by Crippen LogP contribution is 2.18. The Morgan fingerprint density at radius 2 is 1.73 bits per heavy atom. The average molecular weight is 301 g/mol. The maximum absolute atomic E-state index is 12.9. The number of ether oxygens (including phenoxy) is 1. The molecule has 0 amide bonds. The number of benzene rings is 2. The van der Waals surface area contributed by atoms with E-state index in [1.54, 1.807) is 12.1 Å². The third kappa shape index (κ3) is 5.49. The van der Waals surface area contributed by atoms with E-state index in [2.05, 4.69) is 25.2 Å². The van der Waals surface area contributed by atoms with Crippen LogP contribution in [0.3, 0.4) is 0 Å². The summed E-state index contributed by atoms with van der Waals surface area (Å²) < 4.78 is 18.7. The summed E-state index contributed by atoms with van der Waals surface area (Å²) >= 11 is 0. The van der Waals surface area contributed by atoms with Gasteiger partial charge in [0.2, 0.25) is 0 Å². The van der Waals surface area contributed by atoms with Crippen molar-refractivity contribution in [2.24, 2.45) is 5.92 Å². The molecule has 0 atom stereocenters. The van der Waals surface area contributed by atoms with Crippen molar-refractivity contribution in [3.63, 3.8) is 0 Å². The third-order valence-electron chi connectivity index (χ3n) is 3.48. The van der Waals surface area contributed by atoms with E-state index in [1.165, 1.54) is 12.1 Å². The zero-order valence-electron chi connectivity index (χ0n) is 13.3. The van der Waals surface area contributed by atoms with Crippen LogP contribution in [-0.4, -0.2) is 6.61 Å². The molecule has 0 aromatic heterocycles. The van der Waals surface area contributed by atoms with E-state index < -0.39 is 0 Å². The van der Waals surface area contributed by atoms with Crippen molar-refractivity contribution in [2.45, 2.75) is 33.4 Å². The molecule has 118 valence electrons. The second-order valence-electron chi connectivity index (χ2n) is 5.87. The summed E-state index contributed by atoms with van der Waals surface area (Å²) in [6.07, 6.45) is 1.05. The van der Waals surface area contributed by atoms with Crippen LogP contribution in [0.15, 0.2) is 48.5 Å². The lowest BCUT2D eigenvalue weighted by atomic mass is 10.1. The predicted molar refractivity (Wildman–Crippen MR) is 88.3 cm³/mol. The van der Waals surface area contributed by atoms with Gasteiger partial charge in [0.05, 0.1) is 6.61 Å². The minimum Gasteiger partial charge on any atom is -0.493 e. The summed E-state index contributed by atoms with van der Waals surface area (Å²) in [6.45, 7) is 6.57. The minimum absolute atomic E-state index is 0.201. The maximum Gasteiger partial charge on any atom is 0.123 e. The molecule has 0 aliphatic rings. The van der Waals surface area contributed by atoms with Crippen LogP contribution in [0.5, 0.6) is 5.75 Å². The van der Waals surface area contributed by atoms with Crippen molar-refractivity contribution < 1.29 is 9.13 Å². The van der Waals surface area contributed by atoms with Gasteiger partial charge in [0.15, 0.2) is 0 Å². The average Bonchev–Trinajstić information content (AvgIpc) is 2.50. The van der Waals surface area contributed by atoms with Crippen LogP contribution in [0.25, 0.3) is 0 Å². The van der Waals surface area contributed by atoms with E-state index in [-0.39, 0.29) is 5.82 Å². The monoisotopic (exact) mass is 301 g/mol. The highest BCUT2D eigenvalue weighted by molar-refractivity contribution is 5.33. The number of halogens is 1. The van der Waals surface area contributed by atoms with E-state index in [0.717, 1.165) is 36.4 Å². The molecule has 2 rings (SSSR count).